The molecule has 7 nitrogen and oxygen atoms in total. The highest BCUT2D eigenvalue weighted by Gasteiger charge is 2.26. The summed E-state index contributed by atoms with van der Waals surface area (Å²) in [4.78, 5) is 25.8. The Morgan fingerprint density at radius 3 is 2.50 bits per heavy atom. The van der Waals surface area contributed by atoms with E-state index >= 15 is 0 Å². The molecule has 8 heteroatoms. The molecule has 3 rings (SSSR count). The van der Waals surface area contributed by atoms with Crippen molar-refractivity contribution in [2.75, 3.05) is 12.4 Å². The standard InChI is InChI=1S/C26H32N4O3S/c1-5-6-7-9-18-12-14-19(15-13-18)23(31)27-22(17(2)3)24(32)28-26-30-29-25(34-26)20-10-8-11-21(16-20)33-4/h8,10-17,22H,5-7,9H2,1-4H3,(H,27,31)(H,28,30,32). The predicted molar refractivity (Wildman–Crippen MR) is 136 cm³/mol. The number of aromatic nitrogens is 2. The zero-order chi connectivity index (χ0) is 24.5. The summed E-state index contributed by atoms with van der Waals surface area (Å²) in [7, 11) is 1.60. The fourth-order valence-electron chi connectivity index (χ4n) is 3.49. The van der Waals surface area contributed by atoms with E-state index in [9.17, 15) is 9.59 Å². The molecule has 1 atom stereocenters. The van der Waals surface area contributed by atoms with E-state index < -0.39 is 6.04 Å². The number of anilines is 1. The number of amides is 2. The van der Waals surface area contributed by atoms with Crippen LogP contribution in [0.3, 0.4) is 0 Å². The first-order chi connectivity index (χ1) is 16.4. The summed E-state index contributed by atoms with van der Waals surface area (Å²) in [6.45, 7) is 5.96. The van der Waals surface area contributed by atoms with Gasteiger partial charge in [0.05, 0.1) is 7.11 Å². The Bertz CT molecular complexity index is 1100. The van der Waals surface area contributed by atoms with Crippen LogP contribution in [0, 0.1) is 5.92 Å². The minimum atomic E-state index is -0.707. The first-order valence-electron chi connectivity index (χ1n) is 11.6. The van der Waals surface area contributed by atoms with Crippen molar-refractivity contribution < 1.29 is 14.3 Å². The van der Waals surface area contributed by atoms with Gasteiger partial charge in [0.25, 0.3) is 5.91 Å². The zero-order valence-corrected chi connectivity index (χ0v) is 20.9. The minimum absolute atomic E-state index is 0.108. The Hall–Kier alpha value is -3.26. The second-order valence-electron chi connectivity index (χ2n) is 8.48. The van der Waals surface area contributed by atoms with E-state index in [1.54, 1.807) is 7.11 Å². The Morgan fingerprint density at radius 2 is 1.82 bits per heavy atom. The Morgan fingerprint density at radius 1 is 1.06 bits per heavy atom. The van der Waals surface area contributed by atoms with E-state index in [1.165, 1.54) is 29.7 Å². The average molecular weight is 481 g/mol. The summed E-state index contributed by atoms with van der Waals surface area (Å²) < 4.78 is 5.25. The van der Waals surface area contributed by atoms with Crippen LogP contribution in [0.4, 0.5) is 5.13 Å². The molecule has 0 aliphatic heterocycles. The summed E-state index contributed by atoms with van der Waals surface area (Å²) in [5.74, 6) is 0.00840. The van der Waals surface area contributed by atoms with E-state index in [2.05, 4.69) is 27.8 Å². The minimum Gasteiger partial charge on any atom is -0.497 e. The first kappa shape index (κ1) is 25.4. The lowest BCUT2D eigenvalue weighted by molar-refractivity contribution is -0.118. The van der Waals surface area contributed by atoms with Gasteiger partial charge in [0.1, 0.15) is 16.8 Å². The Kier molecular flexibility index (Phi) is 9.16. The van der Waals surface area contributed by atoms with Crippen LogP contribution in [0.5, 0.6) is 5.75 Å². The fraction of sp³-hybridized carbons (Fsp3) is 0.385. The van der Waals surface area contributed by atoms with Gasteiger partial charge in [0, 0.05) is 11.1 Å². The largest absolute Gasteiger partial charge is 0.497 e. The first-order valence-corrected chi connectivity index (χ1v) is 12.4. The number of ether oxygens (including phenoxy) is 1. The number of methoxy groups -OCH3 is 1. The quantitative estimate of drug-likeness (QED) is 0.361. The highest BCUT2D eigenvalue weighted by molar-refractivity contribution is 7.18. The molecule has 34 heavy (non-hydrogen) atoms. The number of hydrogen-bond acceptors (Lipinski definition) is 6. The molecule has 0 aliphatic rings. The molecule has 0 bridgehead atoms. The maximum Gasteiger partial charge on any atom is 0.251 e. The van der Waals surface area contributed by atoms with Crippen LogP contribution < -0.4 is 15.4 Å². The number of benzene rings is 2. The number of carbonyl (C=O) groups excluding carboxylic acids is 2. The van der Waals surface area contributed by atoms with Crippen molar-refractivity contribution in [3.8, 4) is 16.3 Å². The molecule has 3 aromatic rings. The maximum atomic E-state index is 13.0. The van der Waals surface area contributed by atoms with E-state index in [0.29, 0.717) is 15.7 Å². The van der Waals surface area contributed by atoms with Gasteiger partial charge < -0.3 is 10.1 Å². The lowest BCUT2D eigenvalue weighted by Gasteiger charge is -2.21. The van der Waals surface area contributed by atoms with Crippen LogP contribution in [0.15, 0.2) is 48.5 Å². The number of nitrogens with zero attached hydrogens (tertiary/aromatic N) is 2. The predicted octanol–water partition coefficient (Wildman–Crippen LogP) is 5.34. The monoisotopic (exact) mass is 480 g/mol. The molecular formula is C26H32N4O3S. The highest BCUT2D eigenvalue weighted by Crippen LogP contribution is 2.29. The van der Waals surface area contributed by atoms with Crippen molar-refractivity contribution in [2.24, 2.45) is 5.92 Å². The van der Waals surface area contributed by atoms with Crippen molar-refractivity contribution >= 4 is 28.3 Å². The van der Waals surface area contributed by atoms with Gasteiger partial charge in [-0.3, -0.25) is 14.9 Å². The van der Waals surface area contributed by atoms with E-state index in [0.717, 1.165) is 24.2 Å². The van der Waals surface area contributed by atoms with Crippen LogP contribution in [0.1, 0.15) is 56.0 Å². The van der Waals surface area contributed by atoms with Crippen molar-refractivity contribution in [2.45, 2.75) is 52.5 Å². The summed E-state index contributed by atoms with van der Waals surface area (Å²) in [6, 6.07) is 14.4. The SMILES string of the molecule is CCCCCc1ccc(C(=O)NC(C(=O)Nc2nnc(-c3cccc(OC)c3)s2)C(C)C)cc1. The Labute approximate surface area is 205 Å². The molecule has 2 N–H and O–H groups in total. The topological polar surface area (TPSA) is 93.2 Å². The molecule has 0 saturated heterocycles. The van der Waals surface area contributed by atoms with E-state index in [4.69, 9.17) is 4.74 Å². The van der Waals surface area contributed by atoms with Gasteiger partial charge in [0.2, 0.25) is 11.0 Å². The number of unbranched alkanes of at least 4 members (excludes halogenated alkanes) is 2. The van der Waals surface area contributed by atoms with E-state index in [1.807, 2.05) is 62.4 Å². The van der Waals surface area contributed by atoms with Gasteiger partial charge >= 0.3 is 0 Å². The number of nitrogens with one attached hydrogen (secondary N) is 2. The third kappa shape index (κ3) is 6.87. The third-order valence-corrected chi connectivity index (χ3v) is 6.38. The van der Waals surface area contributed by atoms with Gasteiger partial charge in [-0.25, -0.2) is 0 Å². The zero-order valence-electron chi connectivity index (χ0n) is 20.1. The van der Waals surface area contributed by atoms with Crippen LogP contribution in [-0.2, 0) is 11.2 Å². The summed E-state index contributed by atoms with van der Waals surface area (Å²) in [6.07, 6.45) is 4.52. The number of aryl methyl sites for hydroxylation is 1. The molecule has 180 valence electrons. The molecule has 2 aromatic carbocycles. The molecular weight excluding hydrogens is 448 g/mol. The molecule has 0 saturated carbocycles. The fourth-order valence-corrected chi connectivity index (χ4v) is 4.23. The molecule has 1 unspecified atom stereocenters. The molecule has 2 amide bonds. The molecule has 0 aliphatic carbocycles. The highest BCUT2D eigenvalue weighted by atomic mass is 32.1. The van der Waals surface area contributed by atoms with Crippen molar-refractivity contribution in [3.05, 3.63) is 59.7 Å². The third-order valence-electron chi connectivity index (χ3n) is 5.49. The lowest BCUT2D eigenvalue weighted by Crippen LogP contribution is -2.47. The van der Waals surface area contributed by atoms with Crippen molar-refractivity contribution in [1.29, 1.82) is 0 Å². The summed E-state index contributed by atoms with van der Waals surface area (Å²) in [5, 5.41) is 15.0. The summed E-state index contributed by atoms with van der Waals surface area (Å²) >= 11 is 1.27. The second kappa shape index (κ2) is 12.3. The molecule has 0 fully saturated rings. The Balaban J connectivity index is 1.63. The van der Waals surface area contributed by atoms with E-state index in [-0.39, 0.29) is 17.7 Å². The summed E-state index contributed by atoms with van der Waals surface area (Å²) in [5.41, 5.74) is 2.60. The average Bonchev–Trinajstić information content (AvgIpc) is 3.31. The normalized spacial score (nSPS) is 11.8. The van der Waals surface area contributed by atoms with Gasteiger partial charge in [-0.1, -0.05) is 69.2 Å². The van der Waals surface area contributed by atoms with Gasteiger partial charge in [-0.2, -0.15) is 0 Å². The van der Waals surface area contributed by atoms with Gasteiger partial charge in [-0.15, -0.1) is 10.2 Å². The van der Waals surface area contributed by atoms with Crippen LogP contribution in [0.25, 0.3) is 10.6 Å². The van der Waals surface area contributed by atoms with Crippen LogP contribution >= 0.6 is 11.3 Å². The number of rotatable bonds is 11. The van der Waals surface area contributed by atoms with Crippen LogP contribution in [-0.4, -0.2) is 35.2 Å². The molecule has 1 heterocycles. The second-order valence-corrected chi connectivity index (χ2v) is 9.46. The van der Waals surface area contributed by atoms with Crippen molar-refractivity contribution in [1.82, 2.24) is 15.5 Å². The number of carbonyl (C=O) groups is 2. The molecule has 0 spiro atoms. The van der Waals surface area contributed by atoms with Crippen molar-refractivity contribution in [3.63, 3.8) is 0 Å². The van der Waals surface area contributed by atoms with Gasteiger partial charge in [-0.05, 0) is 48.6 Å². The maximum absolute atomic E-state index is 13.0. The smallest absolute Gasteiger partial charge is 0.251 e. The lowest BCUT2D eigenvalue weighted by atomic mass is 10.0. The molecule has 0 radical (unpaired) electrons. The number of hydrogen-bond donors (Lipinski definition) is 2. The molecule has 1 aromatic heterocycles. The van der Waals surface area contributed by atoms with Crippen LogP contribution in [0.2, 0.25) is 0 Å². The van der Waals surface area contributed by atoms with Gasteiger partial charge in [0.15, 0.2) is 0 Å².